The molecule has 6 nitrogen and oxygen atoms in total. The van der Waals surface area contributed by atoms with Gasteiger partial charge in [0, 0.05) is 22.9 Å². The first kappa shape index (κ1) is 23.1. The summed E-state index contributed by atoms with van der Waals surface area (Å²) in [5.74, 6) is 1.89. The lowest BCUT2D eigenvalue weighted by molar-refractivity contribution is -0.121. The van der Waals surface area contributed by atoms with Crippen LogP contribution in [0.4, 0.5) is 11.4 Å². The minimum atomic E-state index is -0.373. The molecule has 3 N–H and O–H groups in total. The maximum atomic E-state index is 12.8. The minimum absolute atomic E-state index is 0.136. The minimum Gasteiger partial charge on any atom is -0.338 e. The molecule has 8 heteroatoms. The predicted molar refractivity (Wildman–Crippen MR) is 144 cm³/mol. The van der Waals surface area contributed by atoms with Gasteiger partial charge in [0.25, 0.3) is 5.91 Å². The summed E-state index contributed by atoms with van der Waals surface area (Å²) in [6, 6.07) is 18.0. The van der Waals surface area contributed by atoms with Crippen LogP contribution in [0.5, 0.6) is 0 Å². The van der Waals surface area contributed by atoms with Crippen molar-refractivity contribution in [1.29, 1.82) is 0 Å². The second kappa shape index (κ2) is 9.26. The number of H-pyrrole nitrogens is 1. The molecule has 0 saturated heterocycles. The van der Waals surface area contributed by atoms with Crippen LogP contribution in [0, 0.1) is 17.8 Å². The van der Waals surface area contributed by atoms with Gasteiger partial charge in [0.05, 0.1) is 26.6 Å². The molecule has 0 aliphatic heterocycles. The molecule has 2 bridgehead atoms. The number of carbonyl (C=O) groups is 2. The van der Waals surface area contributed by atoms with Crippen LogP contribution >= 0.6 is 23.2 Å². The molecule has 2 amide bonds. The highest BCUT2D eigenvalue weighted by atomic mass is 35.5. The van der Waals surface area contributed by atoms with E-state index in [1.165, 1.54) is 19.3 Å². The van der Waals surface area contributed by atoms with Gasteiger partial charge in [-0.15, -0.1) is 0 Å². The van der Waals surface area contributed by atoms with Gasteiger partial charge in [-0.3, -0.25) is 9.59 Å². The van der Waals surface area contributed by atoms with Crippen molar-refractivity contribution >= 4 is 57.4 Å². The highest BCUT2D eigenvalue weighted by Crippen LogP contribution is 2.48. The van der Waals surface area contributed by atoms with Crippen LogP contribution in [0.1, 0.15) is 36.0 Å². The summed E-state index contributed by atoms with van der Waals surface area (Å²) in [6.07, 6.45) is 4.69. The summed E-state index contributed by atoms with van der Waals surface area (Å²) >= 11 is 12.3. The Balaban J connectivity index is 1.16. The van der Waals surface area contributed by atoms with E-state index in [-0.39, 0.29) is 23.3 Å². The number of halogens is 2. The first-order valence-corrected chi connectivity index (χ1v) is 12.9. The molecular formula is C28H24Cl2N4O2. The van der Waals surface area contributed by atoms with Gasteiger partial charge in [-0.05, 0) is 85.7 Å². The van der Waals surface area contributed by atoms with Crippen molar-refractivity contribution < 1.29 is 9.59 Å². The van der Waals surface area contributed by atoms with E-state index in [1.807, 2.05) is 30.3 Å². The molecule has 2 saturated carbocycles. The summed E-state index contributed by atoms with van der Waals surface area (Å²) in [5, 5.41) is 6.53. The number of carbonyl (C=O) groups excluding carboxylic acids is 2. The van der Waals surface area contributed by atoms with E-state index in [0.717, 1.165) is 34.6 Å². The predicted octanol–water partition coefficient (Wildman–Crippen LogP) is 7.16. The number of hydrogen-bond acceptors (Lipinski definition) is 3. The normalized spacial score (nSPS) is 20.6. The highest BCUT2D eigenvalue weighted by molar-refractivity contribution is 6.40. The first-order chi connectivity index (χ1) is 17.4. The third-order valence-corrected chi connectivity index (χ3v) is 8.06. The van der Waals surface area contributed by atoms with E-state index in [1.54, 1.807) is 30.3 Å². The Kier molecular flexibility index (Phi) is 5.94. The monoisotopic (exact) mass is 518 g/mol. The van der Waals surface area contributed by atoms with Gasteiger partial charge in [0.1, 0.15) is 5.82 Å². The number of nitrogens with one attached hydrogen (secondary N) is 3. The van der Waals surface area contributed by atoms with E-state index < -0.39 is 0 Å². The fourth-order valence-electron chi connectivity index (χ4n) is 5.64. The number of aromatic nitrogens is 2. The Morgan fingerprint density at radius 2 is 1.64 bits per heavy atom. The maximum absolute atomic E-state index is 12.8. The van der Waals surface area contributed by atoms with Crippen molar-refractivity contribution in [2.45, 2.75) is 25.7 Å². The van der Waals surface area contributed by atoms with Crippen molar-refractivity contribution in [3.8, 4) is 11.4 Å². The molecule has 0 spiro atoms. The molecule has 0 radical (unpaired) electrons. The zero-order valence-corrected chi connectivity index (χ0v) is 20.9. The molecule has 4 aromatic rings. The van der Waals surface area contributed by atoms with Crippen LogP contribution in [0.2, 0.25) is 10.0 Å². The highest BCUT2D eigenvalue weighted by Gasteiger charge is 2.43. The molecule has 1 aromatic heterocycles. The third kappa shape index (κ3) is 4.36. The van der Waals surface area contributed by atoms with Gasteiger partial charge >= 0.3 is 0 Å². The average molecular weight is 519 g/mol. The average Bonchev–Trinajstić information content (AvgIpc) is 3.60. The van der Waals surface area contributed by atoms with E-state index in [9.17, 15) is 9.59 Å². The molecule has 6 rings (SSSR count). The zero-order valence-electron chi connectivity index (χ0n) is 19.4. The molecule has 36 heavy (non-hydrogen) atoms. The molecule has 3 aromatic carbocycles. The number of aromatic amines is 1. The second-order valence-corrected chi connectivity index (χ2v) is 10.5. The topological polar surface area (TPSA) is 86.9 Å². The SMILES string of the molecule is O=C(Nc1ccc(-c2nc3ccc(NC(=O)C4CC5CCC4C5)cc3[nH]2)cc1)c1c(Cl)cccc1Cl. The molecular weight excluding hydrogens is 495 g/mol. The number of rotatable bonds is 5. The van der Waals surface area contributed by atoms with Crippen molar-refractivity contribution in [1.82, 2.24) is 9.97 Å². The van der Waals surface area contributed by atoms with Crippen molar-refractivity contribution in [3.05, 3.63) is 76.3 Å². The van der Waals surface area contributed by atoms with E-state index >= 15 is 0 Å². The quantitative estimate of drug-likeness (QED) is 0.261. The van der Waals surface area contributed by atoms with Gasteiger partial charge < -0.3 is 15.6 Å². The van der Waals surface area contributed by atoms with Crippen molar-refractivity contribution in [2.24, 2.45) is 17.8 Å². The molecule has 182 valence electrons. The lowest BCUT2D eigenvalue weighted by atomic mass is 9.88. The van der Waals surface area contributed by atoms with Crippen molar-refractivity contribution in [3.63, 3.8) is 0 Å². The lowest BCUT2D eigenvalue weighted by Crippen LogP contribution is -2.27. The third-order valence-electron chi connectivity index (χ3n) is 7.43. The zero-order chi connectivity index (χ0) is 24.8. The summed E-state index contributed by atoms with van der Waals surface area (Å²) < 4.78 is 0. The van der Waals surface area contributed by atoms with E-state index in [0.29, 0.717) is 27.5 Å². The molecule has 3 unspecified atom stereocenters. The number of fused-ring (bicyclic) bond motifs is 3. The smallest absolute Gasteiger partial charge is 0.258 e. The fourth-order valence-corrected chi connectivity index (χ4v) is 6.21. The van der Waals surface area contributed by atoms with Gasteiger partial charge in [-0.1, -0.05) is 35.7 Å². The molecule has 3 atom stereocenters. The van der Waals surface area contributed by atoms with Crippen LogP contribution in [-0.4, -0.2) is 21.8 Å². The Bertz CT molecular complexity index is 1460. The molecule has 2 fully saturated rings. The van der Waals surface area contributed by atoms with E-state index in [2.05, 4.69) is 20.6 Å². The Hall–Kier alpha value is -3.35. The summed E-state index contributed by atoms with van der Waals surface area (Å²) in [5.41, 5.74) is 4.16. The van der Waals surface area contributed by atoms with Crippen molar-refractivity contribution in [2.75, 3.05) is 10.6 Å². The van der Waals surface area contributed by atoms with Crippen LogP contribution in [0.25, 0.3) is 22.4 Å². The lowest BCUT2D eigenvalue weighted by Gasteiger charge is -2.20. The summed E-state index contributed by atoms with van der Waals surface area (Å²) in [7, 11) is 0. The molecule has 1 heterocycles. The Labute approximate surface area is 218 Å². The Morgan fingerprint density at radius 3 is 2.33 bits per heavy atom. The molecule has 2 aliphatic rings. The number of hydrogen-bond donors (Lipinski definition) is 3. The van der Waals surface area contributed by atoms with Gasteiger partial charge in [-0.2, -0.15) is 0 Å². The largest absolute Gasteiger partial charge is 0.338 e. The van der Waals surface area contributed by atoms with E-state index in [4.69, 9.17) is 23.2 Å². The van der Waals surface area contributed by atoms with Crippen LogP contribution in [0.3, 0.4) is 0 Å². The van der Waals surface area contributed by atoms with Crippen LogP contribution in [-0.2, 0) is 4.79 Å². The van der Waals surface area contributed by atoms with Crippen LogP contribution < -0.4 is 10.6 Å². The summed E-state index contributed by atoms with van der Waals surface area (Å²) in [4.78, 5) is 33.5. The number of imidazole rings is 1. The number of anilines is 2. The second-order valence-electron chi connectivity index (χ2n) is 9.72. The van der Waals surface area contributed by atoms with Gasteiger partial charge in [-0.25, -0.2) is 4.98 Å². The molecule has 2 aliphatic carbocycles. The maximum Gasteiger partial charge on any atom is 0.258 e. The summed E-state index contributed by atoms with van der Waals surface area (Å²) in [6.45, 7) is 0. The van der Waals surface area contributed by atoms with Gasteiger partial charge in [0.15, 0.2) is 0 Å². The Morgan fingerprint density at radius 1 is 0.889 bits per heavy atom. The fraction of sp³-hybridized carbons (Fsp3) is 0.250. The van der Waals surface area contributed by atoms with Crippen LogP contribution in [0.15, 0.2) is 60.7 Å². The number of nitrogens with zero attached hydrogens (tertiary/aromatic N) is 1. The number of amides is 2. The van der Waals surface area contributed by atoms with Gasteiger partial charge in [0.2, 0.25) is 5.91 Å². The number of benzene rings is 3. The first-order valence-electron chi connectivity index (χ1n) is 12.1. The standard InChI is InChI=1S/C28H24Cl2N4O2/c29-21-2-1-3-22(30)25(21)28(36)31-18-8-6-16(7-9-18)26-33-23-11-10-19(14-24(23)34-26)32-27(35)20-13-15-4-5-17(20)12-15/h1-3,6-11,14-15,17,20H,4-5,12-13H2,(H,31,36)(H,32,35)(H,33,34).